The van der Waals surface area contributed by atoms with Crippen LogP contribution < -0.4 is 0 Å². The van der Waals surface area contributed by atoms with Crippen molar-refractivity contribution in [2.45, 2.75) is 38.7 Å². The molecule has 1 atom stereocenters. The molecule has 0 saturated carbocycles. The van der Waals surface area contributed by atoms with Crippen molar-refractivity contribution in [2.75, 3.05) is 0 Å². The van der Waals surface area contributed by atoms with Crippen LogP contribution in [-0.4, -0.2) is 5.11 Å². The second-order valence-electron chi connectivity index (χ2n) is 6.19. The Morgan fingerprint density at radius 2 is 1.70 bits per heavy atom. The van der Waals surface area contributed by atoms with E-state index in [9.17, 15) is 9.50 Å². The van der Waals surface area contributed by atoms with Crippen molar-refractivity contribution in [1.29, 1.82) is 0 Å². The summed E-state index contributed by atoms with van der Waals surface area (Å²) in [4.78, 5) is 0. The SMILES string of the molecule is CC(C)(C)c1ccc(F)c(C(O)Cc2ccccc2)c1. The van der Waals surface area contributed by atoms with Gasteiger partial charge in [-0.2, -0.15) is 0 Å². The quantitative estimate of drug-likeness (QED) is 0.878. The minimum Gasteiger partial charge on any atom is -0.388 e. The molecule has 0 aliphatic heterocycles. The van der Waals surface area contributed by atoms with Crippen molar-refractivity contribution in [3.8, 4) is 0 Å². The van der Waals surface area contributed by atoms with Crippen LogP contribution in [0.15, 0.2) is 48.5 Å². The smallest absolute Gasteiger partial charge is 0.129 e. The van der Waals surface area contributed by atoms with Crippen molar-refractivity contribution in [3.63, 3.8) is 0 Å². The third-order valence-corrected chi connectivity index (χ3v) is 3.49. The zero-order valence-corrected chi connectivity index (χ0v) is 12.2. The van der Waals surface area contributed by atoms with Gasteiger partial charge in [0.05, 0.1) is 6.10 Å². The van der Waals surface area contributed by atoms with E-state index in [0.29, 0.717) is 12.0 Å². The van der Waals surface area contributed by atoms with E-state index in [1.807, 2.05) is 30.3 Å². The lowest BCUT2D eigenvalue weighted by molar-refractivity contribution is 0.173. The van der Waals surface area contributed by atoms with E-state index < -0.39 is 6.10 Å². The molecule has 0 aromatic heterocycles. The Morgan fingerprint density at radius 3 is 2.30 bits per heavy atom. The number of benzene rings is 2. The third-order valence-electron chi connectivity index (χ3n) is 3.49. The highest BCUT2D eigenvalue weighted by Gasteiger charge is 2.19. The first-order chi connectivity index (χ1) is 9.38. The number of aliphatic hydroxyl groups excluding tert-OH is 1. The van der Waals surface area contributed by atoms with Crippen LogP contribution in [-0.2, 0) is 11.8 Å². The van der Waals surface area contributed by atoms with Gasteiger partial charge in [0.25, 0.3) is 0 Å². The summed E-state index contributed by atoms with van der Waals surface area (Å²) in [6, 6.07) is 14.7. The molecule has 0 radical (unpaired) electrons. The Hall–Kier alpha value is -1.67. The van der Waals surface area contributed by atoms with E-state index in [1.54, 1.807) is 12.1 Å². The monoisotopic (exact) mass is 272 g/mol. The van der Waals surface area contributed by atoms with Gasteiger partial charge in [0.1, 0.15) is 5.82 Å². The maximum atomic E-state index is 14.0. The molecule has 2 aromatic rings. The predicted octanol–water partition coefficient (Wildman–Crippen LogP) is 4.40. The van der Waals surface area contributed by atoms with Crippen molar-refractivity contribution in [3.05, 3.63) is 71.0 Å². The Labute approximate surface area is 120 Å². The molecule has 1 unspecified atom stereocenters. The Morgan fingerprint density at radius 1 is 1.05 bits per heavy atom. The second kappa shape index (κ2) is 5.76. The van der Waals surface area contributed by atoms with Crippen molar-refractivity contribution < 1.29 is 9.50 Å². The highest BCUT2D eigenvalue weighted by molar-refractivity contribution is 5.32. The van der Waals surface area contributed by atoms with Gasteiger partial charge in [0.15, 0.2) is 0 Å². The average Bonchev–Trinajstić information content (AvgIpc) is 2.39. The normalized spacial score (nSPS) is 13.2. The van der Waals surface area contributed by atoms with Crippen LogP contribution in [0.25, 0.3) is 0 Å². The fraction of sp³-hybridized carbons (Fsp3) is 0.333. The first kappa shape index (κ1) is 14.7. The molecule has 0 aliphatic carbocycles. The Kier molecular flexibility index (Phi) is 4.24. The molecule has 106 valence electrons. The summed E-state index contributed by atoms with van der Waals surface area (Å²) in [5, 5.41) is 10.3. The van der Waals surface area contributed by atoms with Crippen molar-refractivity contribution >= 4 is 0 Å². The highest BCUT2D eigenvalue weighted by Crippen LogP contribution is 2.28. The zero-order valence-electron chi connectivity index (χ0n) is 12.2. The molecule has 2 heteroatoms. The molecule has 0 spiro atoms. The van der Waals surface area contributed by atoms with Crippen molar-refractivity contribution in [2.24, 2.45) is 0 Å². The van der Waals surface area contributed by atoms with E-state index in [1.165, 1.54) is 6.07 Å². The maximum absolute atomic E-state index is 14.0. The summed E-state index contributed by atoms with van der Waals surface area (Å²) in [6.45, 7) is 6.23. The van der Waals surface area contributed by atoms with E-state index in [4.69, 9.17) is 0 Å². The molecule has 2 aromatic carbocycles. The van der Waals surface area contributed by atoms with Gasteiger partial charge in [0.2, 0.25) is 0 Å². The summed E-state index contributed by atoms with van der Waals surface area (Å²) in [7, 11) is 0. The molecule has 1 nitrogen and oxygen atoms in total. The maximum Gasteiger partial charge on any atom is 0.129 e. The number of hydrogen-bond donors (Lipinski definition) is 1. The van der Waals surface area contributed by atoms with Gasteiger partial charge < -0.3 is 5.11 Å². The molecule has 0 saturated heterocycles. The lowest BCUT2D eigenvalue weighted by Gasteiger charge is -2.21. The summed E-state index contributed by atoms with van der Waals surface area (Å²) in [5.74, 6) is -0.346. The minimum absolute atomic E-state index is 0.0606. The molecular formula is C18H21FO. The topological polar surface area (TPSA) is 20.2 Å². The first-order valence-electron chi connectivity index (χ1n) is 6.90. The number of halogens is 1. The highest BCUT2D eigenvalue weighted by atomic mass is 19.1. The lowest BCUT2D eigenvalue weighted by atomic mass is 9.85. The standard InChI is InChI=1S/C18H21FO/c1-18(2,3)14-9-10-16(19)15(12-14)17(20)11-13-7-5-4-6-8-13/h4-10,12,17,20H,11H2,1-3H3. The minimum atomic E-state index is -0.820. The molecular weight excluding hydrogens is 251 g/mol. The van der Waals surface area contributed by atoms with Crippen molar-refractivity contribution in [1.82, 2.24) is 0 Å². The van der Waals surface area contributed by atoms with Gasteiger partial charge in [0, 0.05) is 12.0 Å². The molecule has 0 heterocycles. The van der Waals surface area contributed by atoms with E-state index in [2.05, 4.69) is 20.8 Å². The van der Waals surface area contributed by atoms with Gasteiger partial charge in [-0.05, 0) is 28.7 Å². The van der Waals surface area contributed by atoms with Crippen LogP contribution >= 0.6 is 0 Å². The summed E-state index contributed by atoms with van der Waals surface area (Å²) in [5.41, 5.74) is 2.34. The van der Waals surface area contributed by atoms with Crippen LogP contribution in [0.1, 0.15) is 43.6 Å². The molecule has 0 fully saturated rings. The number of rotatable bonds is 3. The van der Waals surface area contributed by atoms with E-state index >= 15 is 0 Å². The molecule has 2 rings (SSSR count). The van der Waals surface area contributed by atoms with Gasteiger partial charge in [-0.25, -0.2) is 4.39 Å². The fourth-order valence-electron chi connectivity index (χ4n) is 2.21. The second-order valence-corrected chi connectivity index (χ2v) is 6.19. The number of aliphatic hydroxyl groups is 1. The van der Waals surface area contributed by atoms with Gasteiger partial charge in [-0.1, -0.05) is 57.2 Å². The zero-order chi connectivity index (χ0) is 14.8. The van der Waals surface area contributed by atoms with Crippen LogP contribution in [0.3, 0.4) is 0 Å². The fourth-order valence-corrected chi connectivity index (χ4v) is 2.21. The average molecular weight is 272 g/mol. The molecule has 20 heavy (non-hydrogen) atoms. The predicted molar refractivity (Wildman–Crippen MR) is 80.2 cm³/mol. The summed E-state index contributed by atoms with van der Waals surface area (Å²) >= 11 is 0. The molecule has 0 aliphatic rings. The lowest BCUT2D eigenvalue weighted by Crippen LogP contribution is -2.13. The Balaban J connectivity index is 2.27. The number of hydrogen-bond acceptors (Lipinski definition) is 1. The Bertz CT molecular complexity index is 570. The summed E-state index contributed by atoms with van der Waals surface area (Å²) in [6.07, 6.45) is -0.398. The first-order valence-corrected chi connectivity index (χ1v) is 6.90. The molecule has 0 amide bonds. The molecule has 0 bridgehead atoms. The van der Waals surface area contributed by atoms with Crippen LogP contribution in [0.5, 0.6) is 0 Å². The van der Waals surface area contributed by atoms with Crippen LogP contribution in [0, 0.1) is 5.82 Å². The van der Waals surface area contributed by atoms with Crippen LogP contribution in [0.4, 0.5) is 4.39 Å². The summed E-state index contributed by atoms with van der Waals surface area (Å²) < 4.78 is 14.0. The van der Waals surface area contributed by atoms with Gasteiger partial charge >= 0.3 is 0 Å². The van der Waals surface area contributed by atoms with Gasteiger partial charge in [-0.3, -0.25) is 0 Å². The van der Waals surface area contributed by atoms with Gasteiger partial charge in [-0.15, -0.1) is 0 Å². The largest absolute Gasteiger partial charge is 0.388 e. The molecule has 1 N–H and O–H groups in total. The third kappa shape index (κ3) is 3.45. The van der Waals surface area contributed by atoms with E-state index in [0.717, 1.165) is 11.1 Å². The van der Waals surface area contributed by atoms with Crippen LogP contribution in [0.2, 0.25) is 0 Å². The van der Waals surface area contributed by atoms with E-state index in [-0.39, 0.29) is 11.2 Å².